The van der Waals surface area contributed by atoms with E-state index in [1.165, 1.54) is 11.3 Å². The Morgan fingerprint density at radius 2 is 2.03 bits per heavy atom. The number of nitrogens with zero attached hydrogens (tertiary/aromatic N) is 4. The van der Waals surface area contributed by atoms with Crippen LogP contribution in [0.25, 0.3) is 15.3 Å². The molecule has 2 aliphatic rings. The Labute approximate surface area is 188 Å². The molecule has 0 aliphatic carbocycles. The number of carbonyl (C=O) groups is 2. The zero-order valence-electron chi connectivity index (χ0n) is 17.3. The van der Waals surface area contributed by atoms with E-state index in [1.54, 1.807) is 21.9 Å². The Balaban J connectivity index is 1.60. The van der Waals surface area contributed by atoms with E-state index in [4.69, 9.17) is 0 Å². The topological polar surface area (TPSA) is 80.1 Å². The number of anilines is 2. The van der Waals surface area contributed by atoms with Crippen LogP contribution in [0.2, 0.25) is 0 Å². The van der Waals surface area contributed by atoms with E-state index in [0.717, 1.165) is 27.0 Å². The number of aromatic nitrogens is 3. The highest BCUT2D eigenvalue weighted by Gasteiger charge is 2.57. The van der Waals surface area contributed by atoms with Gasteiger partial charge in [0, 0.05) is 18.5 Å². The predicted octanol–water partition coefficient (Wildman–Crippen LogP) is 3.95. The van der Waals surface area contributed by atoms with Crippen molar-refractivity contribution in [1.82, 2.24) is 14.8 Å². The molecule has 2 aromatic carbocycles. The van der Waals surface area contributed by atoms with Crippen LogP contribution < -0.4 is 10.2 Å². The molecule has 0 radical (unpaired) electrons. The van der Waals surface area contributed by atoms with Crippen LogP contribution in [0.5, 0.6) is 0 Å². The largest absolute Gasteiger partial charge is 0.310 e. The number of carbonyl (C=O) groups excluding carboxylic acids is 2. The summed E-state index contributed by atoms with van der Waals surface area (Å²) >= 11 is 1.49. The maximum absolute atomic E-state index is 13.9. The van der Waals surface area contributed by atoms with E-state index in [1.807, 2.05) is 49.4 Å². The summed E-state index contributed by atoms with van der Waals surface area (Å²) in [5, 5.41) is 8.17. The number of rotatable bonds is 3. The van der Waals surface area contributed by atoms with Crippen molar-refractivity contribution in [1.29, 1.82) is 0 Å². The van der Waals surface area contributed by atoms with Crippen molar-refractivity contribution in [3.8, 4) is 5.13 Å². The molecule has 7 nitrogen and oxygen atoms in total. The van der Waals surface area contributed by atoms with Gasteiger partial charge in [-0.25, -0.2) is 4.98 Å². The van der Waals surface area contributed by atoms with Crippen LogP contribution in [-0.2, 0) is 15.0 Å². The Morgan fingerprint density at radius 1 is 1.19 bits per heavy atom. The molecule has 0 fully saturated rings. The van der Waals surface area contributed by atoms with Gasteiger partial charge in [0.05, 0.1) is 22.1 Å². The summed E-state index contributed by atoms with van der Waals surface area (Å²) in [4.78, 5) is 33.3. The van der Waals surface area contributed by atoms with Gasteiger partial charge in [-0.3, -0.25) is 9.59 Å². The van der Waals surface area contributed by atoms with Gasteiger partial charge >= 0.3 is 0 Å². The Bertz CT molecular complexity index is 1420. The maximum atomic E-state index is 13.9. The molecule has 0 unspecified atom stereocenters. The summed E-state index contributed by atoms with van der Waals surface area (Å²) in [6, 6.07) is 13.7. The van der Waals surface area contributed by atoms with Crippen molar-refractivity contribution in [2.75, 3.05) is 16.8 Å². The first-order valence-corrected chi connectivity index (χ1v) is 11.1. The lowest BCUT2D eigenvalue weighted by molar-refractivity contribution is -0.126. The van der Waals surface area contributed by atoms with E-state index in [2.05, 4.69) is 22.0 Å². The fourth-order valence-corrected chi connectivity index (χ4v) is 5.86. The predicted molar refractivity (Wildman–Crippen MR) is 124 cm³/mol. The third kappa shape index (κ3) is 2.35. The summed E-state index contributed by atoms with van der Waals surface area (Å²) in [6.45, 7) is 6.18. The molecular weight excluding hydrogens is 422 g/mol. The first-order chi connectivity index (χ1) is 15.5. The van der Waals surface area contributed by atoms with E-state index in [9.17, 15) is 9.59 Å². The van der Waals surface area contributed by atoms with Gasteiger partial charge in [0.15, 0.2) is 0 Å². The van der Waals surface area contributed by atoms with Crippen LogP contribution in [0.1, 0.15) is 23.1 Å². The summed E-state index contributed by atoms with van der Waals surface area (Å²) in [5.41, 5.74) is 3.12. The first kappa shape index (κ1) is 18.9. The summed E-state index contributed by atoms with van der Waals surface area (Å²) in [5.74, 6) is 0.157. The SMILES string of the molecule is C=CCN1C(=O)[C@@]2(CC(=O)Nc3c2cnn3-c2nc3ccccc3s2)c2cccc(C)c21. The first-order valence-electron chi connectivity index (χ1n) is 10.3. The number of amides is 2. The molecule has 158 valence electrons. The van der Waals surface area contributed by atoms with Gasteiger partial charge in [-0.1, -0.05) is 47.7 Å². The fraction of sp³-hybridized carbons (Fsp3) is 0.167. The smallest absolute Gasteiger partial charge is 0.243 e. The number of fused-ring (bicyclic) bond motifs is 5. The third-order valence-corrected chi connectivity index (χ3v) is 7.28. The number of hydrogen-bond donors (Lipinski definition) is 1. The van der Waals surface area contributed by atoms with Crippen LogP contribution in [0, 0.1) is 6.92 Å². The monoisotopic (exact) mass is 441 g/mol. The fourth-order valence-electron chi connectivity index (χ4n) is 4.93. The molecule has 32 heavy (non-hydrogen) atoms. The average Bonchev–Trinajstić information content (AvgIpc) is 3.45. The number of hydrogen-bond acceptors (Lipinski definition) is 5. The van der Waals surface area contributed by atoms with Crippen LogP contribution in [0.3, 0.4) is 0 Å². The van der Waals surface area contributed by atoms with Crippen molar-refractivity contribution in [3.05, 3.63) is 78.0 Å². The average molecular weight is 442 g/mol. The van der Waals surface area contributed by atoms with E-state index in [-0.39, 0.29) is 18.2 Å². The second kappa shape index (κ2) is 6.61. The molecule has 2 aromatic heterocycles. The lowest BCUT2D eigenvalue weighted by atomic mass is 9.71. The van der Waals surface area contributed by atoms with Gasteiger partial charge < -0.3 is 10.2 Å². The normalized spacial score (nSPS) is 19.3. The molecule has 0 saturated heterocycles. The molecule has 1 atom stereocenters. The van der Waals surface area contributed by atoms with Crippen LogP contribution in [0.15, 0.2) is 61.3 Å². The third-order valence-electron chi connectivity index (χ3n) is 6.27. The number of benzene rings is 2. The van der Waals surface area contributed by atoms with E-state index in [0.29, 0.717) is 23.1 Å². The van der Waals surface area contributed by atoms with Crippen molar-refractivity contribution in [2.45, 2.75) is 18.8 Å². The minimum absolute atomic E-state index is 0.0362. The minimum Gasteiger partial charge on any atom is -0.310 e. The maximum Gasteiger partial charge on any atom is 0.243 e. The Morgan fingerprint density at radius 3 is 2.84 bits per heavy atom. The number of aryl methyl sites for hydroxylation is 1. The van der Waals surface area contributed by atoms with Gasteiger partial charge in [-0.05, 0) is 30.2 Å². The zero-order valence-corrected chi connectivity index (χ0v) is 18.1. The van der Waals surface area contributed by atoms with E-state index >= 15 is 0 Å². The van der Waals surface area contributed by atoms with Gasteiger partial charge in [-0.2, -0.15) is 9.78 Å². The van der Waals surface area contributed by atoms with Crippen LogP contribution in [0.4, 0.5) is 11.5 Å². The molecule has 1 spiro atoms. The standard InChI is InChI=1S/C24H19N5O2S/c1-3-11-28-20-14(2)7-6-8-15(20)24(22(28)31)12-19(30)27-21-16(24)13-25-29(21)23-26-17-9-4-5-10-18(17)32-23/h3-10,13H,1,11-12H2,2H3,(H,27,30)/t24-/m0/s1. The number of nitrogens with one attached hydrogen (secondary N) is 1. The molecule has 4 heterocycles. The molecule has 2 aliphatic heterocycles. The minimum atomic E-state index is -1.11. The Kier molecular flexibility index (Phi) is 3.91. The molecule has 0 bridgehead atoms. The van der Waals surface area contributed by atoms with E-state index < -0.39 is 5.41 Å². The second-order valence-corrected chi connectivity index (χ2v) is 9.10. The van der Waals surface area contributed by atoms with Crippen molar-refractivity contribution in [2.24, 2.45) is 0 Å². The van der Waals surface area contributed by atoms with Gasteiger partial charge in [0.25, 0.3) is 0 Å². The van der Waals surface area contributed by atoms with Crippen molar-refractivity contribution >= 4 is 44.9 Å². The lowest BCUT2D eigenvalue weighted by Crippen LogP contribution is -2.46. The highest BCUT2D eigenvalue weighted by atomic mass is 32.1. The summed E-state index contributed by atoms with van der Waals surface area (Å²) in [6.07, 6.45) is 3.44. The summed E-state index contributed by atoms with van der Waals surface area (Å²) < 4.78 is 2.66. The molecule has 0 saturated carbocycles. The highest BCUT2D eigenvalue weighted by Crippen LogP contribution is 2.53. The highest BCUT2D eigenvalue weighted by molar-refractivity contribution is 7.20. The number of para-hydroxylation sites is 2. The molecule has 2 amide bonds. The second-order valence-electron chi connectivity index (χ2n) is 8.09. The molecule has 4 aromatic rings. The molecule has 8 heteroatoms. The summed E-state index contributed by atoms with van der Waals surface area (Å²) in [7, 11) is 0. The van der Waals surface area contributed by atoms with Crippen LogP contribution >= 0.6 is 11.3 Å². The quantitative estimate of drug-likeness (QED) is 0.488. The van der Waals surface area contributed by atoms with Crippen LogP contribution in [-0.4, -0.2) is 33.1 Å². The zero-order chi connectivity index (χ0) is 22.0. The molecule has 6 rings (SSSR count). The van der Waals surface area contributed by atoms with Gasteiger partial charge in [0.1, 0.15) is 11.2 Å². The molecular formula is C24H19N5O2S. The molecule has 1 N–H and O–H groups in total. The van der Waals surface area contributed by atoms with Gasteiger partial charge in [-0.15, -0.1) is 6.58 Å². The number of thiazole rings is 1. The van der Waals surface area contributed by atoms with Gasteiger partial charge in [0.2, 0.25) is 16.9 Å². The Hall–Kier alpha value is -3.78. The van der Waals surface area contributed by atoms with Crippen molar-refractivity contribution in [3.63, 3.8) is 0 Å². The lowest BCUT2D eigenvalue weighted by Gasteiger charge is -2.32. The van der Waals surface area contributed by atoms with Crippen molar-refractivity contribution < 1.29 is 9.59 Å².